The van der Waals surface area contributed by atoms with Crippen molar-refractivity contribution in [3.8, 4) is 45.0 Å². The fourth-order valence-electron chi connectivity index (χ4n) is 8.35. The molecule has 0 atom stereocenters. The molecule has 0 saturated carbocycles. The van der Waals surface area contributed by atoms with Gasteiger partial charge >= 0.3 is 0 Å². The van der Waals surface area contributed by atoms with E-state index in [2.05, 4.69) is 170 Å². The van der Waals surface area contributed by atoms with Gasteiger partial charge in [0.15, 0.2) is 0 Å². The van der Waals surface area contributed by atoms with E-state index in [0.717, 1.165) is 45.0 Å². The molecule has 4 heteroatoms. The van der Waals surface area contributed by atoms with Crippen LogP contribution in [-0.4, -0.2) is 19.1 Å². The molecule has 4 nitrogen and oxygen atoms in total. The lowest BCUT2D eigenvalue weighted by Crippen LogP contribution is -1.97. The van der Waals surface area contributed by atoms with Gasteiger partial charge in [-0.2, -0.15) is 0 Å². The summed E-state index contributed by atoms with van der Waals surface area (Å²) in [5.74, 6) is 0. The van der Waals surface area contributed by atoms with E-state index in [1.54, 1.807) is 0 Å². The molecule has 0 bridgehead atoms. The molecule has 0 fully saturated rings. The maximum absolute atomic E-state index is 5.03. The van der Waals surface area contributed by atoms with Crippen LogP contribution in [0.3, 0.4) is 0 Å². The Bertz CT molecular complexity index is 2780. The van der Waals surface area contributed by atoms with Crippen LogP contribution in [0.1, 0.15) is 22.3 Å². The molecule has 10 aromatic rings. The lowest BCUT2D eigenvalue weighted by Gasteiger charge is -2.15. The minimum Gasteiger partial charge on any atom is -0.309 e. The quantitative estimate of drug-likeness (QED) is 0.180. The molecule has 4 aromatic heterocycles. The third-order valence-corrected chi connectivity index (χ3v) is 10.8. The highest BCUT2D eigenvalue weighted by atomic mass is 15.0. The highest BCUT2D eigenvalue weighted by Crippen LogP contribution is 2.40. The molecule has 6 aromatic carbocycles. The van der Waals surface area contributed by atoms with E-state index >= 15 is 0 Å². The van der Waals surface area contributed by atoms with Crippen LogP contribution in [0.15, 0.2) is 158 Å². The monoisotopic (exact) mass is 694 g/mol. The number of rotatable bonds is 5. The number of benzene rings is 6. The van der Waals surface area contributed by atoms with E-state index in [4.69, 9.17) is 9.97 Å². The molecule has 0 radical (unpaired) electrons. The highest BCUT2D eigenvalue weighted by molar-refractivity contribution is 6.11. The van der Waals surface area contributed by atoms with Crippen molar-refractivity contribution in [2.45, 2.75) is 27.7 Å². The number of nitrogens with zero attached hydrogens (tertiary/aromatic N) is 4. The second kappa shape index (κ2) is 12.4. The largest absolute Gasteiger partial charge is 0.309 e. The van der Waals surface area contributed by atoms with E-state index in [0.29, 0.717) is 0 Å². The number of aryl methyl sites for hydroxylation is 4. The number of hydrogen-bond donors (Lipinski definition) is 0. The maximum Gasteiger partial charge on any atom is 0.0781 e. The van der Waals surface area contributed by atoms with Gasteiger partial charge in [0.1, 0.15) is 0 Å². The molecule has 0 amide bonds. The Balaban J connectivity index is 1.11. The van der Waals surface area contributed by atoms with E-state index in [1.165, 1.54) is 65.9 Å². The van der Waals surface area contributed by atoms with Gasteiger partial charge in [-0.1, -0.05) is 82.9 Å². The van der Waals surface area contributed by atoms with Crippen molar-refractivity contribution in [2.75, 3.05) is 0 Å². The van der Waals surface area contributed by atoms with Crippen LogP contribution < -0.4 is 0 Å². The summed E-state index contributed by atoms with van der Waals surface area (Å²) in [6, 6.07) is 52.9. The van der Waals surface area contributed by atoms with Crippen LogP contribution >= 0.6 is 0 Å². The highest BCUT2D eigenvalue weighted by Gasteiger charge is 2.19. The van der Waals surface area contributed by atoms with Gasteiger partial charge in [0, 0.05) is 67.6 Å². The second-order valence-electron chi connectivity index (χ2n) is 14.7. The van der Waals surface area contributed by atoms with Gasteiger partial charge in [0.25, 0.3) is 0 Å². The summed E-state index contributed by atoms with van der Waals surface area (Å²) < 4.78 is 4.77. The van der Waals surface area contributed by atoms with Gasteiger partial charge in [-0.05, 0) is 113 Å². The Morgan fingerprint density at radius 3 is 1.06 bits per heavy atom. The first-order chi connectivity index (χ1) is 26.4. The van der Waals surface area contributed by atoms with Crippen molar-refractivity contribution in [3.05, 3.63) is 180 Å². The van der Waals surface area contributed by atoms with Gasteiger partial charge in [0.2, 0.25) is 0 Å². The first kappa shape index (κ1) is 31.9. The molecule has 258 valence electrons. The molecular weight excluding hydrogens is 657 g/mol. The van der Waals surface area contributed by atoms with Crippen molar-refractivity contribution in [1.82, 2.24) is 19.1 Å². The molecule has 0 unspecified atom stereocenters. The number of hydrogen-bond acceptors (Lipinski definition) is 2. The van der Waals surface area contributed by atoms with Crippen LogP contribution in [0, 0.1) is 27.7 Å². The van der Waals surface area contributed by atoms with Gasteiger partial charge < -0.3 is 9.13 Å². The zero-order valence-electron chi connectivity index (χ0n) is 30.8. The molecule has 0 aliphatic heterocycles. The molecule has 0 aliphatic rings. The van der Waals surface area contributed by atoms with Crippen LogP contribution in [0.2, 0.25) is 0 Å². The Labute approximate surface area is 314 Å². The van der Waals surface area contributed by atoms with E-state index in [-0.39, 0.29) is 0 Å². The fraction of sp³-hybridized carbons (Fsp3) is 0.0800. The SMILES string of the molecule is Cc1ccc2c(c1)c1cc(C)ccc1n2-c1cccc(-c2ncccc2-c2cccnc2-c2cccc(-n3c4ccc(C)cc4c4cc(C)ccc43)c2)c1. The standard InChI is InChI=1S/C50H38N4/c1-31-15-19-45-41(25-31)42-26-32(2)16-20-46(42)53(45)37-11-5-9-35(29-37)49-39(13-7-23-51-49)40-14-8-24-52-50(40)36-10-6-12-38(30-36)54-47-21-17-33(3)27-43(47)44-28-34(4)18-22-48(44)54/h5-30H,1-4H3. The van der Waals surface area contributed by atoms with Crippen LogP contribution in [0.4, 0.5) is 0 Å². The summed E-state index contributed by atoms with van der Waals surface area (Å²) in [6.07, 6.45) is 3.78. The van der Waals surface area contributed by atoms with E-state index < -0.39 is 0 Å². The minimum absolute atomic E-state index is 0.922. The summed E-state index contributed by atoms with van der Waals surface area (Å²) in [7, 11) is 0. The summed E-state index contributed by atoms with van der Waals surface area (Å²) in [6.45, 7) is 8.65. The molecule has 54 heavy (non-hydrogen) atoms. The predicted molar refractivity (Wildman–Crippen MR) is 226 cm³/mol. The zero-order chi connectivity index (χ0) is 36.5. The zero-order valence-corrected chi connectivity index (χ0v) is 30.8. The summed E-state index contributed by atoms with van der Waals surface area (Å²) in [5, 5.41) is 5.08. The Kier molecular flexibility index (Phi) is 7.34. The van der Waals surface area contributed by atoms with Crippen molar-refractivity contribution < 1.29 is 0 Å². The van der Waals surface area contributed by atoms with E-state index in [9.17, 15) is 0 Å². The molecule has 0 N–H and O–H groups in total. The normalized spacial score (nSPS) is 11.7. The van der Waals surface area contributed by atoms with E-state index in [1.807, 2.05) is 24.5 Å². The first-order valence-corrected chi connectivity index (χ1v) is 18.6. The average molecular weight is 695 g/mol. The maximum atomic E-state index is 5.03. The van der Waals surface area contributed by atoms with Crippen LogP contribution in [0.5, 0.6) is 0 Å². The molecule has 4 heterocycles. The Hall–Kier alpha value is -6.78. The number of pyridine rings is 2. The van der Waals surface area contributed by atoms with Crippen molar-refractivity contribution in [2.24, 2.45) is 0 Å². The lowest BCUT2D eigenvalue weighted by molar-refractivity contribution is 1.17. The summed E-state index contributed by atoms with van der Waals surface area (Å²) in [5.41, 5.74) is 18.1. The summed E-state index contributed by atoms with van der Waals surface area (Å²) >= 11 is 0. The molecule has 0 spiro atoms. The predicted octanol–water partition coefficient (Wildman–Crippen LogP) is 12.9. The molecule has 10 rings (SSSR count). The van der Waals surface area contributed by atoms with Gasteiger partial charge in [0.05, 0.1) is 33.5 Å². The average Bonchev–Trinajstić information content (AvgIpc) is 3.69. The first-order valence-electron chi connectivity index (χ1n) is 18.6. The van der Waals surface area contributed by atoms with Gasteiger partial charge in [-0.3, -0.25) is 9.97 Å². The third kappa shape index (κ3) is 5.14. The number of aromatic nitrogens is 4. The smallest absolute Gasteiger partial charge is 0.0781 e. The van der Waals surface area contributed by atoms with Gasteiger partial charge in [-0.25, -0.2) is 0 Å². The van der Waals surface area contributed by atoms with Crippen molar-refractivity contribution >= 4 is 43.6 Å². The molecular formula is C50H38N4. The molecule has 0 aliphatic carbocycles. The second-order valence-corrected chi connectivity index (χ2v) is 14.7. The summed E-state index contributed by atoms with van der Waals surface area (Å²) in [4.78, 5) is 10.1. The topological polar surface area (TPSA) is 35.6 Å². The van der Waals surface area contributed by atoms with Crippen molar-refractivity contribution in [1.29, 1.82) is 0 Å². The third-order valence-electron chi connectivity index (χ3n) is 10.8. The van der Waals surface area contributed by atoms with Gasteiger partial charge in [-0.15, -0.1) is 0 Å². The Morgan fingerprint density at radius 1 is 0.352 bits per heavy atom. The molecule has 0 saturated heterocycles. The van der Waals surface area contributed by atoms with Crippen molar-refractivity contribution in [3.63, 3.8) is 0 Å². The minimum atomic E-state index is 0.922. The van der Waals surface area contributed by atoms with Crippen LogP contribution in [0.25, 0.3) is 88.6 Å². The number of fused-ring (bicyclic) bond motifs is 6. The lowest BCUT2D eigenvalue weighted by atomic mass is 9.95. The fourth-order valence-corrected chi connectivity index (χ4v) is 8.35. The Morgan fingerprint density at radius 2 is 0.704 bits per heavy atom. The van der Waals surface area contributed by atoms with Crippen LogP contribution in [-0.2, 0) is 0 Å².